The molecule has 1 aromatic heterocycles. The van der Waals surface area contributed by atoms with Crippen LogP contribution < -0.4 is 5.32 Å². The number of carbonyl (C=O) groups excluding carboxylic acids is 1. The van der Waals surface area contributed by atoms with Crippen molar-refractivity contribution in [1.29, 1.82) is 0 Å². The molecule has 3 nitrogen and oxygen atoms in total. The topological polar surface area (TPSA) is 42.0 Å². The number of carbonyl (C=O) groups is 1. The fraction of sp³-hybridized carbons (Fsp3) is 0.360. The molecule has 158 valence electrons. The monoisotopic (exact) mass is 440 g/mol. The van der Waals surface area contributed by atoms with Crippen LogP contribution in [-0.4, -0.2) is 16.8 Å². The number of halogens is 1. The SMILES string of the molecule is CC(C)(C)c1ccc(-c2nc(NC(=O)CCl)sc2-c2ccc(C(C)(C)C)cc2)cc1. The van der Waals surface area contributed by atoms with Crippen molar-refractivity contribution in [3.05, 3.63) is 59.7 Å². The number of rotatable bonds is 4. The van der Waals surface area contributed by atoms with Crippen molar-refractivity contribution in [2.75, 3.05) is 11.2 Å². The van der Waals surface area contributed by atoms with Gasteiger partial charge in [0.15, 0.2) is 5.13 Å². The van der Waals surface area contributed by atoms with E-state index >= 15 is 0 Å². The summed E-state index contributed by atoms with van der Waals surface area (Å²) < 4.78 is 0. The number of nitrogens with one attached hydrogen (secondary N) is 1. The average molecular weight is 441 g/mol. The molecule has 1 amide bonds. The highest BCUT2D eigenvalue weighted by Gasteiger charge is 2.19. The molecule has 0 aliphatic carbocycles. The van der Waals surface area contributed by atoms with Crippen molar-refractivity contribution in [3.8, 4) is 21.7 Å². The zero-order valence-electron chi connectivity index (χ0n) is 18.5. The summed E-state index contributed by atoms with van der Waals surface area (Å²) in [6, 6.07) is 17.1. The van der Waals surface area contributed by atoms with Crippen LogP contribution in [0.4, 0.5) is 5.13 Å². The summed E-state index contributed by atoms with van der Waals surface area (Å²) in [4.78, 5) is 17.6. The van der Waals surface area contributed by atoms with E-state index in [0.29, 0.717) is 5.13 Å². The quantitative estimate of drug-likeness (QED) is 0.434. The van der Waals surface area contributed by atoms with E-state index in [0.717, 1.165) is 21.7 Å². The third kappa shape index (κ3) is 5.11. The molecule has 2 aromatic carbocycles. The first-order valence-electron chi connectivity index (χ1n) is 10.1. The van der Waals surface area contributed by atoms with Crippen molar-refractivity contribution < 1.29 is 4.79 Å². The highest BCUT2D eigenvalue weighted by atomic mass is 35.5. The van der Waals surface area contributed by atoms with Gasteiger partial charge in [0.25, 0.3) is 0 Å². The van der Waals surface area contributed by atoms with Gasteiger partial charge in [-0.3, -0.25) is 4.79 Å². The van der Waals surface area contributed by atoms with Crippen LogP contribution in [0.2, 0.25) is 0 Å². The number of nitrogens with zero attached hydrogens (tertiary/aromatic N) is 1. The second-order valence-corrected chi connectivity index (χ2v) is 10.8. The molecule has 0 saturated carbocycles. The minimum Gasteiger partial charge on any atom is -0.301 e. The van der Waals surface area contributed by atoms with Crippen molar-refractivity contribution in [1.82, 2.24) is 4.98 Å². The summed E-state index contributed by atoms with van der Waals surface area (Å²) in [5.41, 5.74) is 5.72. The van der Waals surface area contributed by atoms with Gasteiger partial charge in [-0.2, -0.15) is 0 Å². The van der Waals surface area contributed by atoms with E-state index in [1.54, 1.807) is 0 Å². The van der Waals surface area contributed by atoms with Gasteiger partial charge in [-0.1, -0.05) is 101 Å². The molecule has 0 fully saturated rings. The Balaban J connectivity index is 2.06. The molecule has 1 heterocycles. The van der Waals surface area contributed by atoms with Crippen LogP contribution in [0.15, 0.2) is 48.5 Å². The number of benzene rings is 2. The van der Waals surface area contributed by atoms with E-state index < -0.39 is 0 Å². The van der Waals surface area contributed by atoms with Gasteiger partial charge in [-0.15, -0.1) is 11.6 Å². The number of anilines is 1. The van der Waals surface area contributed by atoms with Crippen LogP contribution in [-0.2, 0) is 15.6 Å². The number of aromatic nitrogens is 1. The Morgan fingerprint density at radius 1 is 0.867 bits per heavy atom. The van der Waals surface area contributed by atoms with Crippen molar-refractivity contribution >= 4 is 34.0 Å². The van der Waals surface area contributed by atoms with Gasteiger partial charge in [0.1, 0.15) is 5.88 Å². The van der Waals surface area contributed by atoms with E-state index in [4.69, 9.17) is 16.6 Å². The molecule has 5 heteroatoms. The molecular formula is C25H29ClN2OS. The second-order valence-electron chi connectivity index (χ2n) is 9.53. The zero-order chi connectivity index (χ0) is 22.1. The lowest BCUT2D eigenvalue weighted by Gasteiger charge is -2.19. The normalized spacial score (nSPS) is 12.1. The first kappa shape index (κ1) is 22.5. The van der Waals surface area contributed by atoms with Crippen LogP contribution in [0.5, 0.6) is 0 Å². The lowest BCUT2D eigenvalue weighted by atomic mass is 9.86. The van der Waals surface area contributed by atoms with Gasteiger partial charge >= 0.3 is 0 Å². The molecule has 0 radical (unpaired) electrons. The van der Waals surface area contributed by atoms with E-state index in [1.807, 2.05) is 0 Å². The molecule has 0 aliphatic rings. The third-order valence-electron chi connectivity index (χ3n) is 5.03. The maximum Gasteiger partial charge on any atom is 0.241 e. The molecule has 1 N–H and O–H groups in total. The van der Waals surface area contributed by atoms with Crippen LogP contribution in [0, 0.1) is 0 Å². The predicted molar refractivity (Wildman–Crippen MR) is 130 cm³/mol. The Hall–Kier alpha value is -2.17. The van der Waals surface area contributed by atoms with Crippen LogP contribution in [0.1, 0.15) is 52.7 Å². The Kier molecular flexibility index (Phi) is 6.40. The molecule has 0 bridgehead atoms. The largest absolute Gasteiger partial charge is 0.301 e. The summed E-state index contributed by atoms with van der Waals surface area (Å²) in [5, 5.41) is 3.36. The summed E-state index contributed by atoms with van der Waals surface area (Å²) in [7, 11) is 0. The third-order valence-corrected chi connectivity index (χ3v) is 6.29. The molecule has 0 unspecified atom stereocenters. The fourth-order valence-corrected chi connectivity index (χ4v) is 4.24. The maximum atomic E-state index is 11.8. The average Bonchev–Trinajstić information content (AvgIpc) is 3.10. The molecular weight excluding hydrogens is 412 g/mol. The number of hydrogen-bond donors (Lipinski definition) is 1. The van der Waals surface area contributed by atoms with E-state index in [2.05, 4.69) is 95.4 Å². The van der Waals surface area contributed by atoms with Gasteiger partial charge in [-0.05, 0) is 27.5 Å². The number of alkyl halides is 1. The number of thiazole rings is 1. The highest BCUT2D eigenvalue weighted by molar-refractivity contribution is 7.19. The van der Waals surface area contributed by atoms with Crippen LogP contribution >= 0.6 is 22.9 Å². The highest BCUT2D eigenvalue weighted by Crippen LogP contribution is 2.40. The standard InChI is InChI=1S/C25H29ClN2OS/c1-24(2,3)18-11-7-16(8-12-18)21-22(30-23(28-21)27-20(29)15-26)17-9-13-19(14-10-17)25(4,5)6/h7-14H,15H2,1-6H3,(H,27,28,29). The lowest BCUT2D eigenvalue weighted by molar-refractivity contribution is -0.113. The number of hydrogen-bond acceptors (Lipinski definition) is 3. The Labute approximate surface area is 188 Å². The molecule has 0 aliphatic heterocycles. The first-order chi connectivity index (χ1) is 14.0. The second kappa shape index (κ2) is 8.52. The zero-order valence-corrected chi connectivity index (χ0v) is 20.0. The van der Waals surface area contributed by atoms with Gasteiger partial charge in [0.2, 0.25) is 5.91 Å². The molecule has 3 rings (SSSR count). The van der Waals surface area contributed by atoms with Crippen molar-refractivity contribution in [3.63, 3.8) is 0 Å². The van der Waals surface area contributed by atoms with Crippen molar-refractivity contribution in [2.24, 2.45) is 0 Å². The van der Waals surface area contributed by atoms with Gasteiger partial charge in [-0.25, -0.2) is 4.98 Å². The molecule has 0 atom stereocenters. The van der Waals surface area contributed by atoms with Gasteiger partial charge in [0.05, 0.1) is 10.6 Å². The summed E-state index contributed by atoms with van der Waals surface area (Å²) in [5.74, 6) is -0.347. The molecule has 30 heavy (non-hydrogen) atoms. The van der Waals surface area contributed by atoms with Crippen LogP contribution in [0.25, 0.3) is 21.7 Å². The first-order valence-corrected chi connectivity index (χ1v) is 11.4. The smallest absolute Gasteiger partial charge is 0.241 e. The van der Waals surface area contributed by atoms with Gasteiger partial charge < -0.3 is 5.32 Å². The molecule has 0 saturated heterocycles. The summed E-state index contributed by atoms with van der Waals surface area (Å²) >= 11 is 7.14. The number of amides is 1. The maximum absolute atomic E-state index is 11.8. The Morgan fingerprint density at radius 3 is 1.77 bits per heavy atom. The summed E-state index contributed by atoms with van der Waals surface area (Å²) in [6.07, 6.45) is 0. The van der Waals surface area contributed by atoms with E-state index in [1.165, 1.54) is 22.5 Å². The van der Waals surface area contributed by atoms with Gasteiger partial charge in [0, 0.05) is 5.56 Å². The van der Waals surface area contributed by atoms with E-state index in [-0.39, 0.29) is 22.6 Å². The minimum atomic E-state index is -0.255. The molecule has 0 spiro atoms. The predicted octanol–water partition coefficient (Wildman–Crippen LogP) is 7.25. The van der Waals surface area contributed by atoms with E-state index in [9.17, 15) is 4.79 Å². The fourth-order valence-electron chi connectivity index (χ4n) is 3.17. The lowest BCUT2D eigenvalue weighted by Crippen LogP contribution is -2.12. The van der Waals surface area contributed by atoms with Crippen LogP contribution in [0.3, 0.4) is 0 Å². The minimum absolute atomic E-state index is 0.0890. The Morgan fingerprint density at radius 2 is 1.33 bits per heavy atom. The Bertz CT molecular complexity index is 948. The molecule has 3 aromatic rings. The van der Waals surface area contributed by atoms with Crippen molar-refractivity contribution in [2.45, 2.75) is 52.4 Å². The summed E-state index contributed by atoms with van der Waals surface area (Å²) in [6.45, 7) is 13.2.